The third kappa shape index (κ3) is 4.78. The van der Waals surface area contributed by atoms with Crippen molar-refractivity contribution in [1.29, 1.82) is 0 Å². The molecule has 0 spiro atoms. The van der Waals surface area contributed by atoms with E-state index in [0.29, 0.717) is 39.7 Å². The lowest BCUT2D eigenvalue weighted by atomic mass is 9.95. The van der Waals surface area contributed by atoms with Crippen molar-refractivity contribution >= 4 is 34.9 Å². The molecule has 1 aliphatic heterocycles. The summed E-state index contributed by atoms with van der Waals surface area (Å²) in [6.45, 7) is 4.12. The van der Waals surface area contributed by atoms with Crippen molar-refractivity contribution in [2.75, 3.05) is 11.9 Å². The number of carbonyl (C=O) groups excluding carboxylic acids is 1. The van der Waals surface area contributed by atoms with E-state index in [1.165, 1.54) is 22.8 Å². The molecule has 1 amide bonds. The summed E-state index contributed by atoms with van der Waals surface area (Å²) in [6, 6.07) is 18.1. The van der Waals surface area contributed by atoms with Gasteiger partial charge < -0.3 is 14.5 Å². The maximum atomic E-state index is 13.7. The molecule has 38 heavy (non-hydrogen) atoms. The van der Waals surface area contributed by atoms with E-state index >= 15 is 0 Å². The molecule has 0 saturated heterocycles. The minimum absolute atomic E-state index is 0.164. The van der Waals surface area contributed by atoms with E-state index in [1.807, 2.05) is 37.3 Å². The molecular weight excluding hydrogens is 508 g/mol. The number of carbonyl (C=O) groups is 1. The lowest BCUT2D eigenvalue weighted by Crippen LogP contribution is -2.40. The van der Waals surface area contributed by atoms with Crippen LogP contribution in [0.25, 0.3) is 6.08 Å². The Hall–Kier alpha value is -4.77. The van der Waals surface area contributed by atoms with Crippen LogP contribution in [0.1, 0.15) is 31.2 Å². The zero-order valence-electron chi connectivity index (χ0n) is 20.4. The number of anilines is 1. The van der Waals surface area contributed by atoms with Crippen LogP contribution in [-0.2, 0) is 4.79 Å². The maximum Gasteiger partial charge on any atom is 0.433 e. The van der Waals surface area contributed by atoms with E-state index in [1.54, 1.807) is 31.2 Å². The average molecular weight is 531 g/mol. The summed E-state index contributed by atoms with van der Waals surface area (Å²) < 4.78 is 12.5. The average Bonchev–Trinajstić information content (AvgIpc) is 3.49. The lowest BCUT2D eigenvalue weighted by molar-refractivity contribution is -0.402. The number of amides is 1. The molecule has 0 radical (unpaired) electrons. The first-order chi connectivity index (χ1) is 18.4. The first-order valence-corrected chi connectivity index (χ1v) is 12.5. The number of allylic oxidation sites excluding steroid dienone is 1. The van der Waals surface area contributed by atoms with Gasteiger partial charge in [0.2, 0.25) is 0 Å². The minimum Gasteiger partial charge on any atom is -0.494 e. The van der Waals surface area contributed by atoms with Crippen molar-refractivity contribution in [3.63, 3.8) is 0 Å². The van der Waals surface area contributed by atoms with E-state index < -0.39 is 22.4 Å². The quantitative estimate of drug-likeness (QED) is 0.286. The van der Waals surface area contributed by atoms with Gasteiger partial charge >= 0.3 is 5.88 Å². The minimum atomic E-state index is -0.765. The fourth-order valence-corrected chi connectivity index (χ4v) is 5.23. The summed E-state index contributed by atoms with van der Waals surface area (Å²) in [5.74, 6) is 0.0238. The van der Waals surface area contributed by atoms with Crippen LogP contribution in [0.3, 0.4) is 0 Å². The largest absolute Gasteiger partial charge is 0.494 e. The van der Waals surface area contributed by atoms with E-state index in [4.69, 9.17) is 9.15 Å². The molecule has 5 rings (SSSR count). The number of aromatic nitrogens is 1. The van der Waals surface area contributed by atoms with E-state index in [-0.39, 0.29) is 16.2 Å². The molecule has 3 heterocycles. The Morgan fingerprint density at radius 1 is 1.18 bits per heavy atom. The van der Waals surface area contributed by atoms with Crippen molar-refractivity contribution in [3.05, 3.63) is 119 Å². The second-order valence-corrected chi connectivity index (χ2v) is 9.35. The number of furan rings is 1. The van der Waals surface area contributed by atoms with Gasteiger partial charge in [0.25, 0.3) is 11.5 Å². The number of thiazole rings is 1. The summed E-state index contributed by atoms with van der Waals surface area (Å²) in [4.78, 5) is 42.6. The van der Waals surface area contributed by atoms with Crippen LogP contribution >= 0.6 is 11.3 Å². The molecule has 0 saturated carbocycles. The predicted molar refractivity (Wildman–Crippen MR) is 142 cm³/mol. The molecule has 0 aliphatic carbocycles. The maximum absolute atomic E-state index is 13.7. The molecule has 2 aromatic carbocycles. The standard InChI is InChI=1S/C27H22N4O6S/c1-3-36-19-11-9-17(10-12-19)24-23(25(32)29-18-7-5-4-6-8-18)16(2)28-27-30(24)26(33)21(38-27)15-20-13-14-22(37-20)31(34)35/h4-15,24H,3H2,1-2H3,(H,29,32)/b21-15-/t24-/m1/s1. The van der Waals surface area contributed by atoms with Crippen LogP contribution < -0.4 is 24.9 Å². The fourth-order valence-electron chi connectivity index (χ4n) is 4.21. The van der Waals surface area contributed by atoms with Gasteiger partial charge in [0.05, 0.1) is 34.5 Å². The number of hydrogen-bond acceptors (Lipinski definition) is 8. The highest BCUT2D eigenvalue weighted by Crippen LogP contribution is 2.31. The van der Waals surface area contributed by atoms with Crippen LogP contribution in [0.2, 0.25) is 0 Å². The van der Waals surface area contributed by atoms with Gasteiger partial charge in [-0.2, -0.15) is 0 Å². The Bertz CT molecular complexity index is 1730. The Balaban J connectivity index is 1.64. The summed E-state index contributed by atoms with van der Waals surface area (Å²) in [5.41, 5.74) is 1.70. The number of para-hydroxylation sites is 1. The van der Waals surface area contributed by atoms with Crippen LogP contribution in [0.5, 0.6) is 5.75 Å². The van der Waals surface area contributed by atoms with Gasteiger partial charge in [-0.3, -0.25) is 24.3 Å². The summed E-state index contributed by atoms with van der Waals surface area (Å²) in [7, 11) is 0. The zero-order valence-corrected chi connectivity index (χ0v) is 21.2. The fraction of sp³-hybridized carbons (Fsp3) is 0.148. The Morgan fingerprint density at radius 2 is 1.92 bits per heavy atom. The highest BCUT2D eigenvalue weighted by molar-refractivity contribution is 7.07. The Labute approximate surface area is 220 Å². The van der Waals surface area contributed by atoms with Gasteiger partial charge in [-0.05, 0) is 49.7 Å². The van der Waals surface area contributed by atoms with E-state index in [0.717, 1.165) is 11.3 Å². The van der Waals surface area contributed by atoms with Crippen molar-refractivity contribution in [2.24, 2.45) is 4.99 Å². The molecule has 0 bridgehead atoms. The Morgan fingerprint density at radius 3 is 2.58 bits per heavy atom. The number of benzene rings is 2. The first kappa shape index (κ1) is 24.9. The molecule has 1 N–H and O–H groups in total. The van der Waals surface area contributed by atoms with Crippen LogP contribution in [0, 0.1) is 10.1 Å². The van der Waals surface area contributed by atoms with Crippen molar-refractivity contribution in [2.45, 2.75) is 19.9 Å². The first-order valence-electron chi connectivity index (χ1n) is 11.7. The number of nitrogens with one attached hydrogen (secondary N) is 1. The van der Waals surface area contributed by atoms with Crippen LogP contribution in [0.15, 0.2) is 92.2 Å². The van der Waals surface area contributed by atoms with Gasteiger partial charge in [-0.25, -0.2) is 4.99 Å². The summed E-state index contributed by atoms with van der Waals surface area (Å²) in [5, 5.41) is 13.9. The number of fused-ring (bicyclic) bond motifs is 1. The third-order valence-electron chi connectivity index (χ3n) is 5.87. The molecule has 4 aromatic rings. The van der Waals surface area contributed by atoms with E-state index in [2.05, 4.69) is 10.3 Å². The number of rotatable bonds is 7. The summed E-state index contributed by atoms with van der Waals surface area (Å²) >= 11 is 1.11. The van der Waals surface area contributed by atoms with Gasteiger partial charge in [-0.15, -0.1) is 0 Å². The molecule has 11 heteroatoms. The molecule has 2 aromatic heterocycles. The number of hydrogen-bond donors (Lipinski definition) is 1. The monoisotopic (exact) mass is 530 g/mol. The SMILES string of the molecule is CCOc1ccc([C@@H]2C(C(=O)Nc3ccccc3)=C(C)N=c3s/c(=C\c4ccc([N+](=O)[O-])o4)c(=O)n32)cc1. The Kier molecular flexibility index (Phi) is 6.75. The second-order valence-electron chi connectivity index (χ2n) is 8.34. The van der Waals surface area contributed by atoms with E-state index in [9.17, 15) is 19.7 Å². The molecule has 1 aliphatic rings. The summed E-state index contributed by atoms with van der Waals surface area (Å²) in [6.07, 6.45) is 1.44. The molecule has 0 fully saturated rings. The highest BCUT2D eigenvalue weighted by Gasteiger charge is 2.32. The molecule has 192 valence electrons. The van der Waals surface area contributed by atoms with Crippen LogP contribution in [-0.4, -0.2) is 22.0 Å². The smallest absolute Gasteiger partial charge is 0.433 e. The second kappa shape index (κ2) is 10.3. The molecule has 10 nitrogen and oxygen atoms in total. The third-order valence-corrected chi connectivity index (χ3v) is 6.85. The predicted octanol–water partition coefficient (Wildman–Crippen LogP) is 3.77. The number of ether oxygens (including phenoxy) is 1. The van der Waals surface area contributed by atoms with Gasteiger partial charge in [-0.1, -0.05) is 41.7 Å². The molecule has 1 atom stereocenters. The molecule has 0 unspecified atom stereocenters. The lowest BCUT2D eigenvalue weighted by Gasteiger charge is -2.25. The highest BCUT2D eigenvalue weighted by atomic mass is 32.1. The van der Waals surface area contributed by atoms with Crippen LogP contribution in [0.4, 0.5) is 11.6 Å². The van der Waals surface area contributed by atoms with Crippen molar-refractivity contribution < 1.29 is 18.9 Å². The van der Waals surface area contributed by atoms with Crippen molar-refractivity contribution in [1.82, 2.24) is 4.57 Å². The number of nitrogens with zero attached hydrogens (tertiary/aromatic N) is 3. The normalized spacial score (nSPS) is 15.1. The van der Waals surface area contributed by atoms with Gasteiger partial charge in [0, 0.05) is 11.8 Å². The topological polar surface area (TPSA) is 129 Å². The zero-order chi connectivity index (χ0) is 26.8. The number of nitro groups is 1. The van der Waals surface area contributed by atoms with Crippen molar-refractivity contribution in [3.8, 4) is 5.75 Å². The van der Waals surface area contributed by atoms with Gasteiger partial charge in [0.1, 0.15) is 16.4 Å². The van der Waals surface area contributed by atoms with Gasteiger partial charge in [0.15, 0.2) is 4.80 Å². The molecular formula is C27H22N4O6S.